The van der Waals surface area contributed by atoms with E-state index in [-0.39, 0.29) is 22.9 Å². The van der Waals surface area contributed by atoms with E-state index in [4.69, 9.17) is 4.74 Å². The number of alkyl halides is 3. The summed E-state index contributed by atoms with van der Waals surface area (Å²) in [4.78, 5) is 25.4. The van der Waals surface area contributed by atoms with Gasteiger partial charge in [0.15, 0.2) is 17.4 Å². The fourth-order valence-corrected chi connectivity index (χ4v) is 3.57. The van der Waals surface area contributed by atoms with Gasteiger partial charge in [-0.1, -0.05) is 6.07 Å². The molecule has 12 heteroatoms. The standard InChI is InChI=1S/C26H18F4N6O2/c1-15-13-36(14-32-15)24-12-31-21-8-6-19(11-22(21)35-24)38-23-10-18(5-7-20(23)27)34-25(37)33-17-4-2-3-16(9-17)26(28,29)30/h2-14H,1H3,(H2,33,34,37). The Hall–Kier alpha value is -5.00. The fourth-order valence-electron chi connectivity index (χ4n) is 3.57. The Morgan fingerprint density at radius 2 is 1.74 bits per heavy atom. The Balaban J connectivity index is 1.32. The van der Waals surface area contributed by atoms with E-state index in [9.17, 15) is 22.4 Å². The van der Waals surface area contributed by atoms with Crippen molar-refractivity contribution in [3.63, 3.8) is 0 Å². The number of anilines is 2. The van der Waals surface area contributed by atoms with Gasteiger partial charge >= 0.3 is 12.2 Å². The second kappa shape index (κ2) is 9.81. The summed E-state index contributed by atoms with van der Waals surface area (Å²) in [7, 11) is 0. The topological polar surface area (TPSA) is 94.0 Å². The smallest absolute Gasteiger partial charge is 0.416 e. The van der Waals surface area contributed by atoms with Crippen molar-refractivity contribution in [3.05, 3.63) is 96.5 Å². The van der Waals surface area contributed by atoms with Crippen molar-refractivity contribution in [1.82, 2.24) is 19.5 Å². The van der Waals surface area contributed by atoms with Crippen LogP contribution in [-0.2, 0) is 6.18 Å². The number of hydrogen-bond donors (Lipinski definition) is 2. The highest BCUT2D eigenvalue weighted by Crippen LogP contribution is 2.31. The largest absolute Gasteiger partial charge is 0.454 e. The van der Waals surface area contributed by atoms with E-state index >= 15 is 0 Å². The second-order valence-electron chi connectivity index (χ2n) is 8.21. The van der Waals surface area contributed by atoms with Crippen LogP contribution in [0.15, 0.2) is 79.4 Å². The van der Waals surface area contributed by atoms with Crippen LogP contribution in [0.2, 0.25) is 0 Å². The molecule has 0 atom stereocenters. The quantitative estimate of drug-likeness (QED) is 0.250. The average molecular weight is 522 g/mol. The first-order valence-electron chi connectivity index (χ1n) is 11.1. The van der Waals surface area contributed by atoms with Crippen molar-refractivity contribution < 1.29 is 27.1 Å². The van der Waals surface area contributed by atoms with Crippen LogP contribution in [0.25, 0.3) is 16.9 Å². The minimum absolute atomic E-state index is 0.0570. The van der Waals surface area contributed by atoms with Crippen molar-refractivity contribution in [2.45, 2.75) is 13.1 Å². The molecule has 3 aromatic carbocycles. The lowest BCUT2D eigenvalue weighted by molar-refractivity contribution is -0.137. The zero-order valence-corrected chi connectivity index (χ0v) is 19.6. The summed E-state index contributed by atoms with van der Waals surface area (Å²) in [6.07, 6.45) is 0.463. The number of carbonyl (C=O) groups is 1. The zero-order valence-electron chi connectivity index (χ0n) is 19.6. The van der Waals surface area contributed by atoms with E-state index in [0.29, 0.717) is 16.9 Å². The van der Waals surface area contributed by atoms with Gasteiger partial charge in [0.2, 0.25) is 0 Å². The molecule has 2 aromatic heterocycles. The summed E-state index contributed by atoms with van der Waals surface area (Å²) in [5, 5.41) is 4.77. The Morgan fingerprint density at radius 1 is 0.947 bits per heavy atom. The SMILES string of the molecule is Cc1cn(-c2cnc3ccc(Oc4cc(NC(=O)Nc5cccc(C(F)(F)F)c5)ccc4F)cc3n2)cn1. The van der Waals surface area contributed by atoms with Crippen LogP contribution < -0.4 is 15.4 Å². The van der Waals surface area contributed by atoms with Gasteiger partial charge in [-0.2, -0.15) is 13.2 Å². The highest BCUT2D eigenvalue weighted by molar-refractivity contribution is 5.99. The molecule has 0 radical (unpaired) electrons. The van der Waals surface area contributed by atoms with Gasteiger partial charge in [-0.05, 0) is 49.4 Å². The first-order chi connectivity index (χ1) is 18.1. The Bertz CT molecular complexity index is 1650. The molecule has 2 N–H and O–H groups in total. The molecule has 0 bridgehead atoms. The maximum Gasteiger partial charge on any atom is 0.416 e. The van der Waals surface area contributed by atoms with Gasteiger partial charge in [0.1, 0.15) is 12.1 Å². The van der Waals surface area contributed by atoms with E-state index in [1.165, 1.54) is 24.3 Å². The van der Waals surface area contributed by atoms with Gasteiger partial charge < -0.3 is 15.4 Å². The van der Waals surface area contributed by atoms with E-state index in [1.807, 2.05) is 6.92 Å². The van der Waals surface area contributed by atoms with Crippen LogP contribution in [-0.4, -0.2) is 25.6 Å². The van der Waals surface area contributed by atoms with Crippen LogP contribution in [0.1, 0.15) is 11.3 Å². The lowest BCUT2D eigenvalue weighted by Crippen LogP contribution is -2.19. The lowest BCUT2D eigenvalue weighted by atomic mass is 10.2. The molecule has 5 aromatic rings. The maximum absolute atomic E-state index is 14.5. The number of aromatic nitrogens is 4. The van der Waals surface area contributed by atoms with E-state index in [1.54, 1.807) is 41.5 Å². The summed E-state index contributed by atoms with van der Waals surface area (Å²) in [6, 6.07) is 11.9. The molecule has 192 valence electrons. The van der Waals surface area contributed by atoms with Crippen LogP contribution in [0, 0.1) is 12.7 Å². The average Bonchev–Trinajstić information content (AvgIpc) is 3.31. The summed E-state index contributed by atoms with van der Waals surface area (Å²) in [5.41, 5.74) is 1.11. The molecular formula is C26H18F4N6O2. The summed E-state index contributed by atoms with van der Waals surface area (Å²) < 4.78 is 60.6. The number of ether oxygens (including phenoxy) is 1. The number of halogens is 4. The van der Waals surface area contributed by atoms with E-state index < -0.39 is 23.6 Å². The van der Waals surface area contributed by atoms with Crippen LogP contribution >= 0.6 is 0 Å². The predicted molar refractivity (Wildman–Crippen MR) is 132 cm³/mol. The minimum Gasteiger partial charge on any atom is -0.454 e. The first kappa shape index (κ1) is 24.7. The number of fused-ring (bicyclic) bond motifs is 1. The van der Waals surface area contributed by atoms with Gasteiger partial charge in [0, 0.05) is 29.7 Å². The number of urea groups is 1. The van der Waals surface area contributed by atoms with Crippen molar-refractivity contribution in [1.29, 1.82) is 0 Å². The predicted octanol–water partition coefficient (Wildman–Crippen LogP) is 6.72. The third-order valence-electron chi connectivity index (χ3n) is 5.34. The molecule has 8 nitrogen and oxygen atoms in total. The molecule has 0 fully saturated rings. The number of nitrogens with zero attached hydrogens (tertiary/aromatic N) is 4. The minimum atomic E-state index is -4.55. The molecule has 2 amide bonds. The van der Waals surface area contributed by atoms with Gasteiger partial charge in [-0.25, -0.2) is 19.2 Å². The molecule has 0 aliphatic rings. The number of imidazole rings is 1. The van der Waals surface area contributed by atoms with Crippen molar-refractivity contribution >= 4 is 28.4 Å². The first-order valence-corrected chi connectivity index (χ1v) is 11.1. The van der Waals surface area contributed by atoms with Gasteiger partial charge in [-0.3, -0.25) is 9.55 Å². The number of hydrogen-bond acceptors (Lipinski definition) is 5. The van der Waals surface area contributed by atoms with Crippen LogP contribution in [0.5, 0.6) is 11.5 Å². The second-order valence-corrected chi connectivity index (χ2v) is 8.21. The summed E-state index contributed by atoms with van der Waals surface area (Å²) in [6.45, 7) is 1.85. The fraction of sp³-hybridized carbons (Fsp3) is 0.0769. The molecule has 0 unspecified atom stereocenters. The molecule has 0 aliphatic carbocycles. The molecule has 38 heavy (non-hydrogen) atoms. The molecule has 2 heterocycles. The van der Waals surface area contributed by atoms with Crippen LogP contribution in [0.3, 0.4) is 0 Å². The number of rotatable bonds is 5. The summed E-state index contributed by atoms with van der Waals surface area (Å²) in [5.74, 6) is -0.0622. The normalized spacial score (nSPS) is 11.4. The van der Waals surface area contributed by atoms with E-state index in [2.05, 4.69) is 25.6 Å². The molecular weight excluding hydrogens is 504 g/mol. The molecule has 0 saturated carbocycles. The zero-order chi connectivity index (χ0) is 26.9. The molecule has 0 spiro atoms. The molecule has 5 rings (SSSR count). The molecule has 0 saturated heterocycles. The highest BCUT2D eigenvalue weighted by Gasteiger charge is 2.30. The van der Waals surface area contributed by atoms with Crippen LogP contribution in [0.4, 0.5) is 33.7 Å². The van der Waals surface area contributed by atoms with Crippen molar-refractivity contribution in [2.24, 2.45) is 0 Å². The number of aryl methyl sites for hydroxylation is 1. The van der Waals surface area contributed by atoms with Gasteiger partial charge in [0.05, 0.1) is 28.5 Å². The van der Waals surface area contributed by atoms with E-state index in [0.717, 1.165) is 23.9 Å². The number of benzene rings is 3. The monoisotopic (exact) mass is 522 g/mol. The summed E-state index contributed by atoms with van der Waals surface area (Å²) >= 11 is 0. The Labute approximate surface area is 212 Å². The number of nitrogens with one attached hydrogen (secondary N) is 2. The van der Waals surface area contributed by atoms with Crippen molar-refractivity contribution in [2.75, 3.05) is 10.6 Å². The highest BCUT2D eigenvalue weighted by atomic mass is 19.4. The van der Waals surface area contributed by atoms with Crippen molar-refractivity contribution in [3.8, 4) is 17.3 Å². The number of carbonyl (C=O) groups excluding carboxylic acids is 1. The van der Waals surface area contributed by atoms with Gasteiger partial charge in [-0.15, -0.1) is 0 Å². The lowest BCUT2D eigenvalue weighted by Gasteiger charge is -2.12. The number of amides is 2. The Morgan fingerprint density at radius 3 is 2.47 bits per heavy atom. The third kappa shape index (κ3) is 5.53. The Kier molecular flexibility index (Phi) is 6.37. The molecule has 0 aliphatic heterocycles. The third-order valence-corrected chi connectivity index (χ3v) is 5.34. The van der Waals surface area contributed by atoms with Gasteiger partial charge in [0.25, 0.3) is 0 Å². The maximum atomic E-state index is 14.5.